The van der Waals surface area contributed by atoms with E-state index in [1.165, 1.54) is 4.31 Å². The van der Waals surface area contributed by atoms with Crippen LogP contribution in [0.3, 0.4) is 0 Å². The molecule has 0 radical (unpaired) electrons. The quantitative estimate of drug-likeness (QED) is 0.652. The number of hydrogen-bond acceptors (Lipinski definition) is 2. The van der Waals surface area contributed by atoms with Crippen molar-refractivity contribution in [2.45, 2.75) is 31.1 Å². The molecule has 1 aliphatic carbocycles. The summed E-state index contributed by atoms with van der Waals surface area (Å²) in [7, 11) is -1.43. The van der Waals surface area contributed by atoms with E-state index in [1.54, 1.807) is 7.05 Å². The van der Waals surface area contributed by atoms with Crippen LogP contribution in [0.25, 0.3) is 0 Å². The SMILES string of the molecule is CC(CCl)N(C)S(=O)(=O)C1CC1. The molecule has 0 saturated heterocycles. The lowest BCUT2D eigenvalue weighted by Crippen LogP contribution is -2.38. The molecule has 3 nitrogen and oxygen atoms in total. The summed E-state index contributed by atoms with van der Waals surface area (Å²) in [5.74, 6) is 0.350. The summed E-state index contributed by atoms with van der Waals surface area (Å²) in [6.07, 6.45) is 1.61. The fourth-order valence-corrected chi connectivity index (χ4v) is 3.02. The number of rotatable bonds is 4. The fraction of sp³-hybridized carbons (Fsp3) is 1.00. The molecule has 0 heterocycles. The van der Waals surface area contributed by atoms with Gasteiger partial charge < -0.3 is 0 Å². The molecule has 0 N–H and O–H groups in total. The molecule has 0 aromatic heterocycles. The topological polar surface area (TPSA) is 37.4 Å². The second kappa shape index (κ2) is 3.52. The van der Waals surface area contributed by atoms with Gasteiger partial charge in [-0.2, -0.15) is 0 Å². The molecule has 0 spiro atoms. The standard InChI is InChI=1S/C7H14ClNO2S/c1-6(5-8)9(2)12(10,11)7-3-4-7/h6-7H,3-5H2,1-2H3. The lowest BCUT2D eigenvalue weighted by molar-refractivity contribution is 0.412. The van der Waals surface area contributed by atoms with Gasteiger partial charge in [0.2, 0.25) is 10.0 Å². The van der Waals surface area contributed by atoms with Crippen LogP contribution in [0.15, 0.2) is 0 Å². The highest BCUT2D eigenvalue weighted by atomic mass is 35.5. The van der Waals surface area contributed by atoms with E-state index in [9.17, 15) is 8.42 Å². The largest absolute Gasteiger partial charge is 0.217 e. The Labute approximate surface area is 78.7 Å². The maximum atomic E-state index is 11.6. The van der Waals surface area contributed by atoms with Gasteiger partial charge in [-0.05, 0) is 19.8 Å². The fourth-order valence-electron chi connectivity index (χ4n) is 0.949. The minimum atomic E-state index is -3.03. The van der Waals surface area contributed by atoms with Crippen molar-refractivity contribution in [1.82, 2.24) is 4.31 Å². The van der Waals surface area contributed by atoms with Crippen LogP contribution in [0.5, 0.6) is 0 Å². The third-order valence-corrected chi connectivity index (χ3v) is 5.11. The summed E-state index contributed by atoms with van der Waals surface area (Å²) in [6.45, 7) is 1.81. The van der Waals surface area contributed by atoms with Gasteiger partial charge in [0.1, 0.15) is 0 Å². The molecule has 72 valence electrons. The smallest absolute Gasteiger partial charge is 0.212 e. The van der Waals surface area contributed by atoms with Crippen molar-refractivity contribution in [3.63, 3.8) is 0 Å². The average Bonchev–Trinajstić information content (AvgIpc) is 2.83. The van der Waals surface area contributed by atoms with Crippen molar-refractivity contribution in [3.8, 4) is 0 Å². The zero-order chi connectivity index (χ0) is 9.35. The number of hydrogen-bond donors (Lipinski definition) is 0. The van der Waals surface area contributed by atoms with Crippen LogP contribution < -0.4 is 0 Å². The van der Waals surface area contributed by atoms with E-state index in [-0.39, 0.29) is 11.3 Å². The number of sulfonamides is 1. The first-order valence-corrected chi connectivity index (χ1v) is 6.06. The molecular weight excluding hydrogens is 198 g/mol. The van der Waals surface area contributed by atoms with Crippen molar-refractivity contribution < 1.29 is 8.42 Å². The molecule has 1 rings (SSSR count). The van der Waals surface area contributed by atoms with Crippen molar-refractivity contribution in [2.75, 3.05) is 12.9 Å². The normalized spacial score (nSPS) is 21.3. The van der Waals surface area contributed by atoms with E-state index in [0.29, 0.717) is 5.88 Å². The van der Waals surface area contributed by atoms with Crippen molar-refractivity contribution in [2.24, 2.45) is 0 Å². The molecule has 0 bridgehead atoms. The van der Waals surface area contributed by atoms with Crippen molar-refractivity contribution in [1.29, 1.82) is 0 Å². The van der Waals surface area contributed by atoms with Gasteiger partial charge in [-0.1, -0.05) is 0 Å². The second-order valence-corrected chi connectivity index (χ2v) is 5.85. The molecule has 1 atom stereocenters. The summed E-state index contributed by atoms with van der Waals surface area (Å²) in [4.78, 5) is 0. The Hall–Kier alpha value is 0.200. The first-order valence-electron chi connectivity index (χ1n) is 4.03. The summed E-state index contributed by atoms with van der Waals surface area (Å²) in [5.41, 5.74) is 0. The molecule has 5 heteroatoms. The number of halogens is 1. The van der Waals surface area contributed by atoms with Gasteiger partial charge in [0, 0.05) is 19.0 Å². The Bertz CT molecular complexity index is 248. The van der Waals surface area contributed by atoms with Gasteiger partial charge in [0.05, 0.1) is 5.25 Å². The maximum absolute atomic E-state index is 11.6. The zero-order valence-electron chi connectivity index (χ0n) is 7.33. The van der Waals surface area contributed by atoms with E-state index in [1.807, 2.05) is 6.92 Å². The molecule has 12 heavy (non-hydrogen) atoms. The Balaban J connectivity index is 2.67. The molecule has 1 unspecified atom stereocenters. The minimum absolute atomic E-state index is 0.0998. The van der Waals surface area contributed by atoms with Crippen LogP contribution in [-0.4, -0.2) is 36.9 Å². The third kappa shape index (κ3) is 1.92. The van der Waals surface area contributed by atoms with Gasteiger partial charge in [-0.3, -0.25) is 0 Å². The maximum Gasteiger partial charge on any atom is 0.217 e. The summed E-state index contributed by atoms with van der Waals surface area (Å²) >= 11 is 5.57. The molecular formula is C7H14ClNO2S. The van der Waals surface area contributed by atoms with E-state index < -0.39 is 10.0 Å². The number of alkyl halides is 1. The highest BCUT2D eigenvalue weighted by Gasteiger charge is 2.39. The molecule has 0 aromatic rings. The van der Waals surface area contributed by atoms with Crippen LogP contribution in [0.1, 0.15) is 19.8 Å². The van der Waals surface area contributed by atoms with Gasteiger partial charge >= 0.3 is 0 Å². The van der Waals surface area contributed by atoms with Crippen LogP contribution in [0.2, 0.25) is 0 Å². The summed E-state index contributed by atoms with van der Waals surface area (Å²) < 4.78 is 24.5. The Kier molecular flexibility index (Phi) is 3.01. The molecule has 1 aliphatic rings. The van der Waals surface area contributed by atoms with Gasteiger partial charge in [-0.25, -0.2) is 12.7 Å². The van der Waals surface area contributed by atoms with Crippen LogP contribution in [0, 0.1) is 0 Å². The summed E-state index contributed by atoms with van der Waals surface area (Å²) in [6, 6.07) is -0.0998. The Morgan fingerprint density at radius 3 is 2.42 bits per heavy atom. The lowest BCUT2D eigenvalue weighted by Gasteiger charge is -2.22. The third-order valence-electron chi connectivity index (χ3n) is 2.19. The minimum Gasteiger partial charge on any atom is -0.212 e. The second-order valence-electron chi connectivity index (χ2n) is 3.26. The van der Waals surface area contributed by atoms with Gasteiger partial charge in [0.25, 0.3) is 0 Å². The van der Waals surface area contributed by atoms with Crippen LogP contribution >= 0.6 is 11.6 Å². The van der Waals surface area contributed by atoms with Crippen molar-refractivity contribution in [3.05, 3.63) is 0 Å². The van der Waals surface area contributed by atoms with Gasteiger partial charge in [-0.15, -0.1) is 11.6 Å². The van der Waals surface area contributed by atoms with Crippen LogP contribution in [0.4, 0.5) is 0 Å². The van der Waals surface area contributed by atoms with E-state index in [0.717, 1.165) is 12.8 Å². The molecule has 0 aromatic carbocycles. The zero-order valence-corrected chi connectivity index (χ0v) is 8.90. The van der Waals surface area contributed by atoms with Crippen LogP contribution in [-0.2, 0) is 10.0 Å². The predicted octanol–water partition coefficient (Wildman–Crippen LogP) is 1.04. The molecule has 0 aliphatic heterocycles. The van der Waals surface area contributed by atoms with Gasteiger partial charge in [0.15, 0.2) is 0 Å². The highest BCUT2D eigenvalue weighted by molar-refractivity contribution is 7.90. The highest BCUT2D eigenvalue weighted by Crippen LogP contribution is 2.31. The van der Waals surface area contributed by atoms with Crippen molar-refractivity contribution >= 4 is 21.6 Å². The first kappa shape index (κ1) is 10.3. The Morgan fingerprint density at radius 1 is 1.58 bits per heavy atom. The summed E-state index contributed by atoms with van der Waals surface area (Å²) in [5, 5.41) is -0.131. The number of nitrogens with zero attached hydrogens (tertiary/aromatic N) is 1. The first-order chi connectivity index (χ1) is 5.50. The Morgan fingerprint density at radius 2 is 2.08 bits per heavy atom. The monoisotopic (exact) mass is 211 g/mol. The molecule has 1 fully saturated rings. The van der Waals surface area contributed by atoms with E-state index in [2.05, 4.69) is 0 Å². The van der Waals surface area contributed by atoms with E-state index >= 15 is 0 Å². The van der Waals surface area contributed by atoms with E-state index in [4.69, 9.17) is 11.6 Å². The molecule has 0 amide bonds. The average molecular weight is 212 g/mol. The lowest BCUT2D eigenvalue weighted by atomic mass is 10.4. The molecule has 1 saturated carbocycles. The predicted molar refractivity (Wildman–Crippen MR) is 49.9 cm³/mol.